The maximum atomic E-state index is 12.3. The Morgan fingerprint density at radius 2 is 1.94 bits per heavy atom. The molecule has 1 saturated carbocycles. The third-order valence-corrected chi connectivity index (χ3v) is 3.73. The summed E-state index contributed by atoms with van der Waals surface area (Å²) in [6.07, 6.45) is 3.13. The van der Waals surface area contributed by atoms with Crippen LogP contribution in [0.3, 0.4) is 0 Å². The van der Waals surface area contributed by atoms with Gasteiger partial charge in [-0.1, -0.05) is 13.8 Å². The van der Waals surface area contributed by atoms with E-state index in [2.05, 4.69) is 26.1 Å². The summed E-state index contributed by atoms with van der Waals surface area (Å²) in [5.41, 5.74) is 0. The van der Waals surface area contributed by atoms with Crippen molar-refractivity contribution in [3.05, 3.63) is 0 Å². The van der Waals surface area contributed by atoms with Gasteiger partial charge in [-0.2, -0.15) is 0 Å². The molecule has 1 heterocycles. The predicted molar refractivity (Wildman–Crippen MR) is 65.3 cm³/mol. The topological polar surface area (TPSA) is 49.4 Å². The Labute approximate surface area is 103 Å². The van der Waals surface area contributed by atoms with Crippen LogP contribution in [0, 0.1) is 11.8 Å². The van der Waals surface area contributed by atoms with Gasteiger partial charge in [0.05, 0.1) is 6.54 Å². The summed E-state index contributed by atoms with van der Waals surface area (Å²) in [7, 11) is 0. The molecule has 0 spiro atoms. The average Bonchev–Trinajstić information content (AvgIpc) is 3.04. The summed E-state index contributed by atoms with van der Waals surface area (Å²) in [4.78, 5) is 25.7. The fraction of sp³-hybridized carbons (Fsp3) is 0.846. The molecule has 2 aliphatic rings. The van der Waals surface area contributed by atoms with Gasteiger partial charge >= 0.3 is 0 Å². The van der Waals surface area contributed by atoms with Crippen LogP contribution in [0.2, 0.25) is 0 Å². The second-order valence-electron chi connectivity index (χ2n) is 5.79. The summed E-state index contributed by atoms with van der Waals surface area (Å²) in [6.45, 7) is 6.46. The fourth-order valence-corrected chi connectivity index (χ4v) is 2.54. The van der Waals surface area contributed by atoms with Gasteiger partial charge in [-0.3, -0.25) is 9.59 Å². The fourth-order valence-electron chi connectivity index (χ4n) is 2.54. The van der Waals surface area contributed by atoms with Crippen molar-refractivity contribution in [3.8, 4) is 0 Å². The minimum Gasteiger partial charge on any atom is -0.343 e. The minimum atomic E-state index is -0.308. The molecule has 17 heavy (non-hydrogen) atoms. The van der Waals surface area contributed by atoms with Crippen molar-refractivity contribution in [1.29, 1.82) is 0 Å². The molecule has 1 N–H and O–H groups in total. The van der Waals surface area contributed by atoms with Gasteiger partial charge in [0, 0.05) is 6.04 Å². The SMILES string of the molecule is CC(C)CC1NC(=O)CN(C(C)C2CC2)C1=O. The maximum absolute atomic E-state index is 12.3. The van der Waals surface area contributed by atoms with Crippen LogP contribution in [0.5, 0.6) is 0 Å². The molecule has 4 nitrogen and oxygen atoms in total. The van der Waals surface area contributed by atoms with Crippen molar-refractivity contribution in [2.24, 2.45) is 11.8 Å². The monoisotopic (exact) mass is 238 g/mol. The smallest absolute Gasteiger partial charge is 0.245 e. The van der Waals surface area contributed by atoms with Crippen molar-refractivity contribution in [2.75, 3.05) is 6.54 Å². The number of piperazine rings is 1. The van der Waals surface area contributed by atoms with Gasteiger partial charge in [0.1, 0.15) is 6.04 Å². The van der Waals surface area contributed by atoms with Gasteiger partial charge in [-0.25, -0.2) is 0 Å². The standard InChI is InChI=1S/C13H22N2O2/c1-8(2)6-11-13(17)15(7-12(16)14-11)9(3)10-4-5-10/h8-11H,4-7H2,1-3H3,(H,14,16). The van der Waals surface area contributed by atoms with Crippen LogP contribution in [-0.4, -0.2) is 35.3 Å². The molecule has 0 radical (unpaired) electrons. The number of amides is 2. The first kappa shape index (κ1) is 12.4. The van der Waals surface area contributed by atoms with E-state index in [0.29, 0.717) is 11.8 Å². The number of nitrogens with one attached hydrogen (secondary N) is 1. The molecule has 96 valence electrons. The van der Waals surface area contributed by atoms with Crippen molar-refractivity contribution >= 4 is 11.8 Å². The van der Waals surface area contributed by atoms with Gasteiger partial charge < -0.3 is 10.2 Å². The van der Waals surface area contributed by atoms with Crippen LogP contribution in [-0.2, 0) is 9.59 Å². The summed E-state index contributed by atoms with van der Waals surface area (Å²) < 4.78 is 0. The molecule has 0 bridgehead atoms. The molecule has 1 saturated heterocycles. The zero-order chi connectivity index (χ0) is 12.6. The number of rotatable bonds is 4. The van der Waals surface area contributed by atoms with Crippen LogP contribution in [0.4, 0.5) is 0 Å². The first-order valence-electron chi connectivity index (χ1n) is 6.59. The summed E-state index contributed by atoms with van der Waals surface area (Å²) in [6, 6.07) is -0.0827. The second kappa shape index (κ2) is 4.67. The maximum Gasteiger partial charge on any atom is 0.245 e. The van der Waals surface area contributed by atoms with Crippen molar-refractivity contribution < 1.29 is 9.59 Å². The van der Waals surface area contributed by atoms with Crippen LogP contribution < -0.4 is 5.32 Å². The van der Waals surface area contributed by atoms with E-state index in [1.807, 2.05) is 0 Å². The number of carbonyl (C=O) groups is 2. The summed E-state index contributed by atoms with van der Waals surface area (Å²) in [5, 5.41) is 2.81. The molecule has 1 aliphatic carbocycles. The number of nitrogens with zero attached hydrogens (tertiary/aromatic N) is 1. The lowest BCUT2D eigenvalue weighted by Gasteiger charge is -2.37. The average molecular weight is 238 g/mol. The molecule has 2 atom stereocenters. The Bertz CT molecular complexity index is 323. The van der Waals surface area contributed by atoms with Crippen molar-refractivity contribution in [2.45, 2.75) is 52.1 Å². The first-order valence-corrected chi connectivity index (χ1v) is 6.59. The third-order valence-electron chi connectivity index (χ3n) is 3.73. The molecule has 1 aliphatic heterocycles. The molecule has 0 aromatic carbocycles. The lowest BCUT2D eigenvalue weighted by Crippen LogP contribution is -2.60. The van der Waals surface area contributed by atoms with Crippen LogP contribution in [0.1, 0.15) is 40.0 Å². The first-order chi connectivity index (χ1) is 7.99. The van der Waals surface area contributed by atoms with E-state index in [1.54, 1.807) is 4.90 Å². The number of hydrogen-bond donors (Lipinski definition) is 1. The molecular formula is C13H22N2O2. The van der Waals surface area contributed by atoms with Gasteiger partial charge in [0.15, 0.2) is 0 Å². The van der Waals surface area contributed by atoms with Gasteiger partial charge in [-0.05, 0) is 38.0 Å². The van der Waals surface area contributed by atoms with Gasteiger partial charge in [0.2, 0.25) is 11.8 Å². The Balaban J connectivity index is 2.05. The molecular weight excluding hydrogens is 216 g/mol. The van der Waals surface area contributed by atoms with E-state index in [0.717, 1.165) is 6.42 Å². The number of carbonyl (C=O) groups excluding carboxylic acids is 2. The lowest BCUT2D eigenvalue weighted by molar-refractivity contribution is -0.147. The van der Waals surface area contributed by atoms with Gasteiger partial charge in [0.25, 0.3) is 0 Å². The van der Waals surface area contributed by atoms with Gasteiger partial charge in [-0.15, -0.1) is 0 Å². The largest absolute Gasteiger partial charge is 0.343 e. The Morgan fingerprint density at radius 1 is 1.29 bits per heavy atom. The van der Waals surface area contributed by atoms with Crippen molar-refractivity contribution in [1.82, 2.24) is 10.2 Å². The van der Waals surface area contributed by atoms with E-state index < -0.39 is 0 Å². The predicted octanol–water partition coefficient (Wildman–Crippen LogP) is 1.16. The molecule has 0 aromatic rings. The van der Waals surface area contributed by atoms with Crippen LogP contribution in [0.25, 0.3) is 0 Å². The lowest BCUT2D eigenvalue weighted by atomic mass is 9.99. The van der Waals surface area contributed by atoms with Crippen LogP contribution in [0.15, 0.2) is 0 Å². The van der Waals surface area contributed by atoms with E-state index in [-0.39, 0.29) is 30.4 Å². The molecule has 2 unspecified atom stereocenters. The number of hydrogen-bond acceptors (Lipinski definition) is 2. The normalized spacial score (nSPS) is 27.3. The zero-order valence-corrected chi connectivity index (χ0v) is 10.9. The summed E-state index contributed by atoms with van der Waals surface area (Å²) in [5.74, 6) is 1.13. The highest BCUT2D eigenvalue weighted by Crippen LogP contribution is 2.35. The highest BCUT2D eigenvalue weighted by atomic mass is 16.2. The highest BCUT2D eigenvalue weighted by molar-refractivity contribution is 5.95. The molecule has 2 rings (SSSR count). The van der Waals surface area contributed by atoms with Crippen molar-refractivity contribution in [3.63, 3.8) is 0 Å². The molecule has 2 fully saturated rings. The van der Waals surface area contributed by atoms with Crippen LogP contribution >= 0.6 is 0 Å². The Kier molecular flexibility index (Phi) is 3.40. The quantitative estimate of drug-likeness (QED) is 0.799. The molecule has 4 heteroatoms. The second-order valence-corrected chi connectivity index (χ2v) is 5.79. The minimum absolute atomic E-state index is 0.0113. The third kappa shape index (κ3) is 2.79. The van der Waals surface area contributed by atoms with E-state index in [9.17, 15) is 9.59 Å². The van der Waals surface area contributed by atoms with E-state index >= 15 is 0 Å². The highest BCUT2D eigenvalue weighted by Gasteiger charge is 2.40. The van der Waals surface area contributed by atoms with E-state index in [4.69, 9.17) is 0 Å². The Morgan fingerprint density at radius 3 is 2.47 bits per heavy atom. The van der Waals surface area contributed by atoms with E-state index in [1.165, 1.54) is 12.8 Å². The molecule has 0 aromatic heterocycles. The summed E-state index contributed by atoms with van der Waals surface area (Å²) >= 11 is 0. The zero-order valence-electron chi connectivity index (χ0n) is 10.9. The Hall–Kier alpha value is -1.06. The molecule has 2 amide bonds.